The van der Waals surface area contributed by atoms with Crippen molar-refractivity contribution >= 4 is 17.3 Å². The number of ether oxygens (including phenoxy) is 2. The molecule has 0 unspecified atom stereocenters. The van der Waals surface area contributed by atoms with Gasteiger partial charge in [-0.1, -0.05) is 11.6 Å². The molecule has 3 nitrogen and oxygen atoms in total. The molecule has 112 valence electrons. The van der Waals surface area contributed by atoms with Crippen LogP contribution < -0.4 is 14.8 Å². The second kappa shape index (κ2) is 6.63. The van der Waals surface area contributed by atoms with Crippen molar-refractivity contribution in [2.75, 3.05) is 19.5 Å². The number of benzene rings is 2. The van der Waals surface area contributed by atoms with Gasteiger partial charge in [-0.25, -0.2) is 8.78 Å². The molecule has 2 rings (SSSR count). The first-order valence-corrected chi connectivity index (χ1v) is 6.51. The monoisotopic (exact) mass is 313 g/mol. The Morgan fingerprint density at radius 2 is 1.62 bits per heavy atom. The van der Waals surface area contributed by atoms with Gasteiger partial charge in [-0.2, -0.15) is 0 Å². The molecular weight excluding hydrogens is 300 g/mol. The summed E-state index contributed by atoms with van der Waals surface area (Å²) in [6.07, 6.45) is 0. The molecule has 0 aliphatic rings. The maximum absolute atomic E-state index is 13.7. The highest BCUT2D eigenvalue weighted by atomic mass is 35.5. The van der Waals surface area contributed by atoms with Crippen LogP contribution >= 0.6 is 11.6 Å². The number of hydrogen-bond acceptors (Lipinski definition) is 3. The SMILES string of the molecule is COc1cc(CNc2c(F)cc(F)cc2Cl)cc(OC)c1. The molecular formula is C15H14ClF2NO2. The first-order valence-electron chi connectivity index (χ1n) is 6.14. The maximum atomic E-state index is 13.7. The summed E-state index contributed by atoms with van der Waals surface area (Å²) >= 11 is 5.83. The average molecular weight is 314 g/mol. The maximum Gasteiger partial charge on any atom is 0.150 e. The highest BCUT2D eigenvalue weighted by molar-refractivity contribution is 6.33. The van der Waals surface area contributed by atoms with Crippen molar-refractivity contribution in [2.24, 2.45) is 0 Å². The fourth-order valence-corrected chi connectivity index (χ4v) is 2.13. The van der Waals surface area contributed by atoms with Gasteiger partial charge in [0.1, 0.15) is 17.3 Å². The minimum Gasteiger partial charge on any atom is -0.497 e. The lowest BCUT2D eigenvalue weighted by Gasteiger charge is -2.12. The smallest absolute Gasteiger partial charge is 0.150 e. The van der Waals surface area contributed by atoms with Crippen LogP contribution in [0, 0.1) is 11.6 Å². The second-order valence-electron chi connectivity index (χ2n) is 4.32. The van der Waals surface area contributed by atoms with Crippen LogP contribution in [0.5, 0.6) is 11.5 Å². The van der Waals surface area contributed by atoms with Crippen LogP contribution in [0.3, 0.4) is 0 Å². The minimum absolute atomic E-state index is 0.0117. The Morgan fingerprint density at radius 3 is 2.14 bits per heavy atom. The summed E-state index contributed by atoms with van der Waals surface area (Å²) in [5, 5.41) is 2.83. The van der Waals surface area contributed by atoms with Gasteiger partial charge in [0.25, 0.3) is 0 Å². The Kier molecular flexibility index (Phi) is 4.85. The predicted molar refractivity (Wildman–Crippen MR) is 78.2 cm³/mol. The first-order chi connectivity index (χ1) is 10.0. The van der Waals surface area contributed by atoms with Crippen molar-refractivity contribution in [3.8, 4) is 11.5 Å². The van der Waals surface area contributed by atoms with Gasteiger partial charge in [0.15, 0.2) is 5.82 Å². The van der Waals surface area contributed by atoms with Gasteiger partial charge in [0, 0.05) is 18.7 Å². The van der Waals surface area contributed by atoms with Crippen LogP contribution in [-0.2, 0) is 6.54 Å². The minimum atomic E-state index is -0.741. The van der Waals surface area contributed by atoms with Gasteiger partial charge in [-0.15, -0.1) is 0 Å². The van der Waals surface area contributed by atoms with E-state index in [9.17, 15) is 8.78 Å². The number of rotatable bonds is 5. The molecule has 0 bridgehead atoms. The van der Waals surface area contributed by atoms with E-state index < -0.39 is 11.6 Å². The number of hydrogen-bond donors (Lipinski definition) is 1. The van der Waals surface area contributed by atoms with Crippen LogP contribution in [0.1, 0.15) is 5.56 Å². The summed E-state index contributed by atoms with van der Waals surface area (Å²) < 4.78 is 37.0. The topological polar surface area (TPSA) is 30.5 Å². The summed E-state index contributed by atoms with van der Waals surface area (Å²) in [4.78, 5) is 0. The van der Waals surface area contributed by atoms with Crippen molar-refractivity contribution in [1.82, 2.24) is 0 Å². The Hall–Kier alpha value is -2.01. The van der Waals surface area contributed by atoms with Gasteiger partial charge in [-0.3, -0.25) is 0 Å². The van der Waals surface area contributed by atoms with Crippen LogP contribution in [0.25, 0.3) is 0 Å². The van der Waals surface area contributed by atoms with E-state index in [1.165, 1.54) is 0 Å². The Balaban J connectivity index is 2.20. The molecule has 0 spiro atoms. The summed E-state index contributed by atoms with van der Waals surface area (Å²) in [6.45, 7) is 0.288. The molecule has 0 saturated carbocycles. The van der Waals surface area contributed by atoms with Crippen molar-refractivity contribution in [2.45, 2.75) is 6.54 Å². The normalized spacial score (nSPS) is 10.3. The van der Waals surface area contributed by atoms with E-state index in [4.69, 9.17) is 21.1 Å². The third-order valence-electron chi connectivity index (χ3n) is 2.89. The van der Waals surface area contributed by atoms with Crippen LogP contribution in [0.4, 0.5) is 14.5 Å². The standard InChI is InChI=1S/C15H14ClF2NO2/c1-20-11-3-9(4-12(7-11)21-2)8-19-15-13(16)5-10(17)6-14(15)18/h3-7,19H,8H2,1-2H3. The fraction of sp³-hybridized carbons (Fsp3) is 0.200. The number of halogens is 3. The van der Waals surface area contributed by atoms with E-state index >= 15 is 0 Å². The summed E-state index contributed by atoms with van der Waals surface area (Å²) in [6, 6.07) is 7.13. The van der Waals surface area contributed by atoms with E-state index in [1.54, 1.807) is 32.4 Å². The van der Waals surface area contributed by atoms with E-state index in [1.807, 2.05) is 0 Å². The molecule has 0 aromatic heterocycles. The molecule has 0 fully saturated rings. The molecule has 2 aromatic carbocycles. The lowest BCUT2D eigenvalue weighted by atomic mass is 10.2. The van der Waals surface area contributed by atoms with Gasteiger partial charge in [0.05, 0.1) is 24.9 Å². The van der Waals surface area contributed by atoms with Gasteiger partial charge in [-0.05, 0) is 23.8 Å². The third kappa shape index (κ3) is 3.76. The lowest BCUT2D eigenvalue weighted by Crippen LogP contribution is -2.03. The molecule has 6 heteroatoms. The molecule has 0 saturated heterocycles. The van der Waals surface area contributed by atoms with Crippen molar-refractivity contribution in [3.05, 3.63) is 52.6 Å². The molecule has 0 radical (unpaired) electrons. The van der Waals surface area contributed by atoms with Gasteiger partial charge < -0.3 is 14.8 Å². The number of anilines is 1. The van der Waals surface area contributed by atoms with Crippen LogP contribution in [-0.4, -0.2) is 14.2 Å². The summed E-state index contributed by atoms with van der Waals surface area (Å²) in [5.74, 6) is -0.213. The van der Waals surface area contributed by atoms with E-state index in [0.29, 0.717) is 11.5 Å². The van der Waals surface area contributed by atoms with Crippen LogP contribution in [0.2, 0.25) is 5.02 Å². The lowest BCUT2D eigenvalue weighted by molar-refractivity contribution is 0.393. The second-order valence-corrected chi connectivity index (χ2v) is 4.73. The average Bonchev–Trinajstić information content (AvgIpc) is 2.45. The highest BCUT2D eigenvalue weighted by Gasteiger charge is 2.10. The van der Waals surface area contributed by atoms with Gasteiger partial charge >= 0.3 is 0 Å². The quantitative estimate of drug-likeness (QED) is 0.895. The zero-order valence-corrected chi connectivity index (χ0v) is 12.3. The summed E-state index contributed by atoms with van der Waals surface area (Å²) in [5.41, 5.74) is 0.867. The van der Waals surface area contributed by atoms with Crippen molar-refractivity contribution in [1.29, 1.82) is 0 Å². The van der Waals surface area contributed by atoms with Gasteiger partial charge in [0.2, 0.25) is 0 Å². The predicted octanol–water partition coefficient (Wildman–Crippen LogP) is 4.25. The summed E-state index contributed by atoms with van der Waals surface area (Å²) in [7, 11) is 3.09. The number of methoxy groups -OCH3 is 2. The highest BCUT2D eigenvalue weighted by Crippen LogP contribution is 2.28. The zero-order valence-electron chi connectivity index (χ0n) is 11.5. The molecule has 2 aromatic rings. The zero-order chi connectivity index (χ0) is 15.4. The Labute approximate surface area is 126 Å². The Bertz CT molecular complexity index is 604. The Morgan fingerprint density at radius 1 is 1.00 bits per heavy atom. The molecule has 0 amide bonds. The van der Waals surface area contributed by atoms with E-state index in [-0.39, 0.29) is 17.3 Å². The number of nitrogens with one attached hydrogen (secondary N) is 1. The molecule has 21 heavy (non-hydrogen) atoms. The fourth-order valence-electron chi connectivity index (χ4n) is 1.87. The molecule has 0 heterocycles. The molecule has 0 atom stereocenters. The van der Waals surface area contributed by atoms with Crippen LogP contribution in [0.15, 0.2) is 30.3 Å². The van der Waals surface area contributed by atoms with Crippen molar-refractivity contribution < 1.29 is 18.3 Å². The third-order valence-corrected chi connectivity index (χ3v) is 3.19. The first kappa shape index (κ1) is 15.4. The largest absolute Gasteiger partial charge is 0.497 e. The van der Waals surface area contributed by atoms with E-state index in [2.05, 4.69) is 5.32 Å². The van der Waals surface area contributed by atoms with E-state index in [0.717, 1.165) is 17.7 Å². The van der Waals surface area contributed by atoms with Crippen molar-refractivity contribution in [3.63, 3.8) is 0 Å². The molecule has 0 aliphatic carbocycles. The molecule has 1 N–H and O–H groups in total. The molecule has 0 aliphatic heterocycles.